The van der Waals surface area contributed by atoms with Crippen molar-refractivity contribution in [2.24, 2.45) is 10.9 Å². The van der Waals surface area contributed by atoms with Crippen LogP contribution in [0.4, 0.5) is 4.79 Å². The second-order valence-corrected chi connectivity index (χ2v) is 7.24. The molecule has 1 N–H and O–H groups in total. The van der Waals surface area contributed by atoms with E-state index in [4.69, 9.17) is 9.47 Å². The molecule has 1 amide bonds. The summed E-state index contributed by atoms with van der Waals surface area (Å²) in [6.45, 7) is 10.4. The highest BCUT2D eigenvalue weighted by Gasteiger charge is 2.36. The molecule has 0 bridgehead atoms. The molecule has 0 aromatic heterocycles. The number of ether oxygens (including phenoxy) is 2. The third kappa shape index (κ3) is 4.52. The Morgan fingerprint density at radius 2 is 2.08 bits per heavy atom. The number of carbonyl (C=O) groups is 2. The topological polar surface area (TPSA) is 83.5 Å². The summed E-state index contributed by atoms with van der Waals surface area (Å²) < 4.78 is 10.2. The molecule has 0 spiro atoms. The van der Waals surface area contributed by atoms with Crippen LogP contribution in [0.5, 0.6) is 0 Å². The van der Waals surface area contributed by atoms with Gasteiger partial charge in [-0.05, 0) is 20.8 Å². The minimum atomic E-state index is -0.489. The second kappa shape index (κ2) is 7.27. The molecule has 8 heteroatoms. The number of nitrogens with one attached hydrogen (secondary N) is 1. The van der Waals surface area contributed by atoms with Gasteiger partial charge in [-0.15, -0.1) is 0 Å². The molecule has 0 aliphatic carbocycles. The zero-order valence-electron chi connectivity index (χ0n) is 15.2. The first-order chi connectivity index (χ1) is 11.2. The molecule has 24 heavy (non-hydrogen) atoms. The average molecular weight is 340 g/mol. The van der Waals surface area contributed by atoms with Crippen LogP contribution < -0.4 is 5.32 Å². The van der Waals surface area contributed by atoms with E-state index >= 15 is 0 Å². The number of rotatable bonds is 3. The van der Waals surface area contributed by atoms with Crippen molar-refractivity contribution >= 4 is 18.0 Å². The van der Waals surface area contributed by atoms with Gasteiger partial charge in [-0.2, -0.15) is 0 Å². The van der Waals surface area contributed by atoms with Crippen LogP contribution in [-0.2, 0) is 14.3 Å². The summed E-state index contributed by atoms with van der Waals surface area (Å²) in [6, 6.07) is 0.155. The van der Waals surface area contributed by atoms with Crippen LogP contribution in [-0.4, -0.2) is 79.3 Å². The van der Waals surface area contributed by atoms with Crippen molar-refractivity contribution in [3.63, 3.8) is 0 Å². The number of carbonyl (C=O) groups excluding carboxylic acids is 2. The van der Waals surface area contributed by atoms with E-state index in [0.717, 1.165) is 5.96 Å². The number of methoxy groups -OCH3 is 1. The molecule has 0 aromatic carbocycles. The highest BCUT2D eigenvalue weighted by atomic mass is 16.6. The van der Waals surface area contributed by atoms with Crippen molar-refractivity contribution in [3.05, 3.63) is 0 Å². The van der Waals surface area contributed by atoms with Crippen LogP contribution in [0.25, 0.3) is 0 Å². The molecule has 2 rings (SSSR count). The van der Waals surface area contributed by atoms with Gasteiger partial charge in [0.15, 0.2) is 5.96 Å². The first-order valence-corrected chi connectivity index (χ1v) is 8.32. The molecule has 1 saturated heterocycles. The predicted molar refractivity (Wildman–Crippen MR) is 89.8 cm³/mol. The zero-order valence-corrected chi connectivity index (χ0v) is 15.2. The maximum Gasteiger partial charge on any atom is 0.410 e. The van der Waals surface area contributed by atoms with Gasteiger partial charge in [0.2, 0.25) is 0 Å². The van der Waals surface area contributed by atoms with Crippen LogP contribution in [0, 0.1) is 5.92 Å². The smallest absolute Gasteiger partial charge is 0.410 e. The quantitative estimate of drug-likeness (QED) is 0.761. The number of aliphatic imine (C=N–C) groups is 1. The molecular weight excluding hydrogens is 312 g/mol. The molecular formula is C16H28N4O4. The van der Waals surface area contributed by atoms with Crippen LogP contribution in [0.3, 0.4) is 0 Å². The van der Waals surface area contributed by atoms with Crippen molar-refractivity contribution < 1.29 is 19.1 Å². The Morgan fingerprint density at radius 1 is 1.38 bits per heavy atom. The Bertz CT molecular complexity index is 515. The van der Waals surface area contributed by atoms with E-state index < -0.39 is 5.60 Å². The standard InChI is InChI=1S/C16H28N4O4/c1-11(13(21)23-5)8-17-14-18-9-12-10-19(6-7-20(12)14)15(22)24-16(2,3)4/h11-12H,6-10H2,1-5H3,(H,17,18). The molecule has 2 unspecified atom stereocenters. The second-order valence-electron chi connectivity index (χ2n) is 7.24. The number of esters is 1. The molecule has 0 aromatic rings. The minimum absolute atomic E-state index is 0.155. The van der Waals surface area contributed by atoms with Crippen molar-refractivity contribution in [1.82, 2.24) is 15.1 Å². The Morgan fingerprint density at radius 3 is 2.71 bits per heavy atom. The van der Waals surface area contributed by atoms with Crippen molar-refractivity contribution in [1.29, 1.82) is 0 Å². The first-order valence-electron chi connectivity index (χ1n) is 8.32. The van der Waals surface area contributed by atoms with E-state index in [-0.39, 0.29) is 24.0 Å². The van der Waals surface area contributed by atoms with E-state index in [2.05, 4.69) is 15.2 Å². The summed E-state index contributed by atoms with van der Waals surface area (Å²) in [7, 11) is 1.39. The normalized spacial score (nSPS) is 21.7. The highest BCUT2D eigenvalue weighted by molar-refractivity contribution is 5.83. The lowest BCUT2D eigenvalue weighted by Crippen LogP contribution is -2.57. The lowest BCUT2D eigenvalue weighted by Gasteiger charge is -2.39. The Balaban J connectivity index is 1.84. The summed E-state index contributed by atoms with van der Waals surface area (Å²) in [6.07, 6.45) is -0.275. The average Bonchev–Trinajstić information content (AvgIpc) is 2.92. The van der Waals surface area contributed by atoms with Crippen LogP contribution in [0.1, 0.15) is 27.7 Å². The fourth-order valence-corrected chi connectivity index (χ4v) is 2.75. The Labute approximate surface area is 143 Å². The SMILES string of the molecule is COC(=O)C(C)CNC1=NCC2CN(C(=O)OC(C)(C)C)CCN12. The largest absolute Gasteiger partial charge is 0.469 e. The van der Waals surface area contributed by atoms with Crippen LogP contribution >= 0.6 is 0 Å². The third-order valence-electron chi connectivity index (χ3n) is 4.03. The van der Waals surface area contributed by atoms with Crippen LogP contribution in [0.2, 0.25) is 0 Å². The molecule has 2 aliphatic heterocycles. The molecule has 0 saturated carbocycles. The lowest BCUT2D eigenvalue weighted by molar-refractivity contribution is -0.144. The van der Waals surface area contributed by atoms with Crippen LogP contribution in [0.15, 0.2) is 4.99 Å². The molecule has 0 radical (unpaired) electrons. The molecule has 2 atom stereocenters. The molecule has 1 fully saturated rings. The molecule has 2 heterocycles. The number of amides is 1. The number of hydrogen-bond donors (Lipinski definition) is 1. The van der Waals surface area contributed by atoms with Gasteiger partial charge in [0.05, 0.1) is 25.6 Å². The van der Waals surface area contributed by atoms with Gasteiger partial charge >= 0.3 is 12.1 Å². The predicted octanol–water partition coefficient (Wildman–Crippen LogP) is 0.676. The van der Waals surface area contributed by atoms with Gasteiger partial charge in [0.1, 0.15) is 5.60 Å². The first kappa shape index (κ1) is 18.4. The van der Waals surface area contributed by atoms with Gasteiger partial charge in [-0.1, -0.05) is 6.92 Å². The number of guanidine groups is 1. The monoisotopic (exact) mass is 340 g/mol. The highest BCUT2D eigenvalue weighted by Crippen LogP contribution is 2.18. The molecule has 136 valence electrons. The van der Waals surface area contributed by atoms with E-state index in [1.54, 1.807) is 4.90 Å². The Kier molecular flexibility index (Phi) is 5.56. The molecule has 2 aliphatic rings. The fraction of sp³-hybridized carbons (Fsp3) is 0.812. The number of nitrogens with zero attached hydrogens (tertiary/aromatic N) is 3. The number of piperazine rings is 1. The van der Waals surface area contributed by atoms with Crippen molar-refractivity contribution in [3.8, 4) is 0 Å². The fourth-order valence-electron chi connectivity index (χ4n) is 2.75. The van der Waals surface area contributed by atoms with E-state index in [9.17, 15) is 9.59 Å². The van der Waals surface area contributed by atoms with Gasteiger partial charge in [0.25, 0.3) is 0 Å². The lowest BCUT2D eigenvalue weighted by atomic mass is 10.2. The summed E-state index contributed by atoms with van der Waals surface area (Å²) in [4.78, 5) is 32.0. The maximum atomic E-state index is 12.2. The van der Waals surface area contributed by atoms with E-state index in [1.165, 1.54) is 7.11 Å². The minimum Gasteiger partial charge on any atom is -0.469 e. The number of fused-ring (bicyclic) bond motifs is 1. The summed E-state index contributed by atoms with van der Waals surface area (Å²) in [5.41, 5.74) is -0.489. The van der Waals surface area contributed by atoms with E-state index in [1.807, 2.05) is 27.7 Å². The molecule has 8 nitrogen and oxygen atoms in total. The van der Waals surface area contributed by atoms with Gasteiger partial charge in [0, 0.05) is 26.2 Å². The summed E-state index contributed by atoms with van der Waals surface area (Å²) in [5, 5.41) is 3.22. The number of hydrogen-bond acceptors (Lipinski definition) is 7. The van der Waals surface area contributed by atoms with Crippen molar-refractivity contribution in [2.75, 3.05) is 39.8 Å². The van der Waals surface area contributed by atoms with Gasteiger partial charge < -0.3 is 24.6 Å². The summed E-state index contributed by atoms with van der Waals surface area (Å²) in [5.74, 6) is 0.312. The zero-order chi connectivity index (χ0) is 17.9. The third-order valence-corrected chi connectivity index (χ3v) is 4.03. The Hall–Kier alpha value is -1.99. The van der Waals surface area contributed by atoms with Crippen molar-refractivity contribution in [2.45, 2.75) is 39.3 Å². The summed E-state index contributed by atoms with van der Waals surface area (Å²) >= 11 is 0. The van der Waals surface area contributed by atoms with E-state index in [0.29, 0.717) is 32.7 Å². The van der Waals surface area contributed by atoms with Gasteiger partial charge in [-0.3, -0.25) is 9.79 Å². The van der Waals surface area contributed by atoms with Gasteiger partial charge in [-0.25, -0.2) is 4.79 Å². The maximum absolute atomic E-state index is 12.2.